The molecule has 194 valence electrons. The zero-order valence-corrected chi connectivity index (χ0v) is 20.9. The molecule has 2 heterocycles. The summed E-state index contributed by atoms with van der Waals surface area (Å²) in [5.74, 6) is -1.26. The SMILES string of the molecule is Cc1ccc(C2=NN(C(=O)NC(C)c3cnc(C(F)(F)F)nc3)C[C@@H]2N(C)C(=O)OC(C)(C)C)cc1. The van der Waals surface area contributed by atoms with Gasteiger partial charge in [0.25, 0.3) is 0 Å². The van der Waals surface area contributed by atoms with Crippen LogP contribution in [0.1, 0.15) is 56.3 Å². The van der Waals surface area contributed by atoms with Crippen LogP contribution in [0.3, 0.4) is 0 Å². The number of carbonyl (C=O) groups is 2. The van der Waals surface area contributed by atoms with Crippen molar-refractivity contribution in [3.8, 4) is 0 Å². The fourth-order valence-electron chi connectivity index (χ4n) is 3.41. The number of nitrogens with one attached hydrogen (secondary N) is 1. The van der Waals surface area contributed by atoms with E-state index in [0.717, 1.165) is 23.5 Å². The first-order valence-corrected chi connectivity index (χ1v) is 11.2. The zero-order chi connectivity index (χ0) is 26.8. The van der Waals surface area contributed by atoms with E-state index in [1.165, 1.54) is 9.91 Å². The quantitative estimate of drug-likeness (QED) is 0.657. The molecule has 0 aliphatic carbocycles. The molecule has 0 saturated carbocycles. The van der Waals surface area contributed by atoms with Gasteiger partial charge in [0.1, 0.15) is 5.60 Å². The van der Waals surface area contributed by atoms with Gasteiger partial charge in [-0.15, -0.1) is 0 Å². The number of hydrogen-bond acceptors (Lipinski definition) is 6. The second-order valence-corrected chi connectivity index (χ2v) is 9.55. The summed E-state index contributed by atoms with van der Waals surface area (Å²) in [7, 11) is 1.58. The first kappa shape index (κ1) is 26.9. The van der Waals surface area contributed by atoms with Gasteiger partial charge < -0.3 is 15.0 Å². The van der Waals surface area contributed by atoms with E-state index >= 15 is 0 Å². The molecule has 0 bridgehead atoms. The number of hydrogen-bond donors (Lipinski definition) is 1. The van der Waals surface area contributed by atoms with Gasteiger partial charge in [0.15, 0.2) is 0 Å². The lowest BCUT2D eigenvalue weighted by Crippen LogP contribution is -2.47. The molecule has 1 aromatic carbocycles. The number of alkyl halides is 3. The van der Waals surface area contributed by atoms with E-state index in [0.29, 0.717) is 11.3 Å². The van der Waals surface area contributed by atoms with Gasteiger partial charge in [-0.3, -0.25) is 0 Å². The Morgan fingerprint density at radius 2 is 1.72 bits per heavy atom. The van der Waals surface area contributed by atoms with E-state index < -0.39 is 41.8 Å². The maximum atomic E-state index is 13.0. The number of nitrogens with zero attached hydrogens (tertiary/aromatic N) is 5. The Morgan fingerprint density at radius 3 is 2.25 bits per heavy atom. The van der Waals surface area contributed by atoms with Gasteiger partial charge >= 0.3 is 18.3 Å². The second-order valence-electron chi connectivity index (χ2n) is 9.55. The largest absolute Gasteiger partial charge is 0.451 e. The summed E-state index contributed by atoms with van der Waals surface area (Å²) < 4.78 is 43.7. The number of aryl methyl sites for hydroxylation is 1. The Hall–Kier alpha value is -3.70. The molecule has 2 atom stereocenters. The minimum atomic E-state index is -4.66. The third kappa shape index (κ3) is 6.49. The predicted octanol–water partition coefficient (Wildman–Crippen LogP) is 4.53. The van der Waals surface area contributed by atoms with Crippen molar-refractivity contribution in [3.63, 3.8) is 0 Å². The molecule has 0 radical (unpaired) electrons. The summed E-state index contributed by atoms with van der Waals surface area (Å²) in [6.07, 6.45) is -3.18. The highest BCUT2D eigenvalue weighted by molar-refractivity contribution is 6.07. The van der Waals surface area contributed by atoms with Crippen LogP contribution in [-0.2, 0) is 10.9 Å². The number of urea groups is 1. The summed E-state index contributed by atoms with van der Waals surface area (Å²) in [6.45, 7) is 8.86. The molecule has 3 rings (SSSR count). The van der Waals surface area contributed by atoms with E-state index in [-0.39, 0.29) is 6.54 Å². The molecule has 12 heteroatoms. The van der Waals surface area contributed by atoms with Gasteiger partial charge in [0, 0.05) is 25.0 Å². The Balaban J connectivity index is 1.80. The van der Waals surface area contributed by atoms with E-state index in [9.17, 15) is 22.8 Å². The molecule has 0 fully saturated rings. The molecule has 1 unspecified atom stereocenters. The highest BCUT2D eigenvalue weighted by Crippen LogP contribution is 2.26. The van der Waals surface area contributed by atoms with Gasteiger partial charge in [-0.2, -0.15) is 18.3 Å². The van der Waals surface area contributed by atoms with Gasteiger partial charge in [-0.05, 0) is 40.2 Å². The number of carbonyl (C=O) groups excluding carboxylic acids is 2. The summed E-state index contributed by atoms with van der Waals surface area (Å²) in [5.41, 5.74) is 1.86. The summed E-state index contributed by atoms with van der Waals surface area (Å²) >= 11 is 0. The molecule has 0 saturated heterocycles. The summed E-state index contributed by atoms with van der Waals surface area (Å²) in [5, 5.41) is 8.34. The maximum absolute atomic E-state index is 13.0. The number of halogens is 3. The number of likely N-dealkylation sites (N-methyl/N-ethyl adjacent to an activating group) is 1. The zero-order valence-electron chi connectivity index (χ0n) is 20.9. The number of amides is 3. The molecule has 0 spiro atoms. The highest BCUT2D eigenvalue weighted by Gasteiger charge is 2.38. The van der Waals surface area contributed by atoms with Crippen LogP contribution in [0.4, 0.5) is 22.8 Å². The minimum absolute atomic E-state index is 0.0566. The van der Waals surface area contributed by atoms with Crippen molar-refractivity contribution in [2.75, 3.05) is 13.6 Å². The number of hydrazone groups is 1. The lowest BCUT2D eigenvalue weighted by atomic mass is 10.0. The van der Waals surface area contributed by atoms with Crippen LogP contribution < -0.4 is 5.32 Å². The number of rotatable bonds is 4. The molecule has 1 aliphatic heterocycles. The van der Waals surface area contributed by atoms with Crippen molar-refractivity contribution in [1.82, 2.24) is 25.2 Å². The van der Waals surface area contributed by atoms with Crippen molar-refractivity contribution < 1.29 is 27.5 Å². The molecule has 1 aliphatic rings. The molecule has 1 aromatic heterocycles. The van der Waals surface area contributed by atoms with E-state index in [1.54, 1.807) is 34.7 Å². The van der Waals surface area contributed by atoms with Gasteiger partial charge in [-0.25, -0.2) is 24.6 Å². The average molecular weight is 507 g/mol. The van der Waals surface area contributed by atoms with Crippen LogP contribution >= 0.6 is 0 Å². The van der Waals surface area contributed by atoms with E-state index in [1.807, 2.05) is 31.2 Å². The summed E-state index contributed by atoms with van der Waals surface area (Å²) in [4.78, 5) is 33.8. The third-order valence-corrected chi connectivity index (χ3v) is 5.39. The van der Waals surface area contributed by atoms with Crippen LogP contribution in [0.2, 0.25) is 0 Å². The van der Waals surface area contributed by atoms with Crippen molar-refractivity contribution in [2.45, 2.75) is 58.5 Å². The number of ether oxygens (including phenoxy) is 1. The molecule has 2 aromatic rings. The molecule has 36 heavy (non-hydrogen) atoms. The fourth-order valence-corrected chi connectivity index (χ4v) is 3.41. The molecule has 1 N–H and O–H groups in total. The Bertz CT molecular complexity index is 1130. The third-order valence-electron chi connectivity index (χ3n) is 5.39. The average Bonchev–Trinajstić information content (AvgIpc) is 3.23. The monoisotopic (exact) mass is 506 g/mol. The Labute approximate surface area is 207 Å². The highest BCUT2D eigenvalue weighted by atomic mass is 19.4. The fraction of sp³-hybridized carbons (Fsp3) is 0.458. The Kier molecular flexibility index (Phi) is 7.56. The Morgan fingerprint density at radius 1 is 1.14 bits per heavy atom. The van der Waals surface area contributed by atoms with Gasteiger partial charge in [0.05, 0.1) is 24.3 Å². The van der Waals surface area contributed by atoms with Crippen LogP contribution in [0.5, 0.6) is 0 Å². The first-order chi connectivity index (χ1) is 16.7. The predicted molar refractivity (Wildman–Crippen MR) is 126 cm³/mol. The van der Waals surface area contributed by atoms with Crippen LogP contribution in [0, 0.1) is 6.92 Å². The molecule has 3 amide bonds. The van der Waals surface area contributed by atoms with Crippen LogP contribution in [0.15, 0.2) is 41.8 Å². The topological polar surface area (TPSA) is 100 Å². The summed E-state index contributed by atoms with van der Waals surface area (Å²) in [6, 6.07) is 5.64. The number of aromatic nitrogens is 2. The van der Waals surface area contributed by atoms with Crippen molar-refractivity contribution >= 4 is 17.8 Å². The van der Waals surface area contributed by atoms with Gasteiger partial charge in [0.2, 0.25) is 5.82 Å². The van der Waals surface area contributed by atoms with E-state index in [2.05, 4.69) is 20.4 Å². The van der Waals surface area contributed by atoms with Gasteiger partial charge in [-0.1, -0.05) is 29.8 Å². The van der Waals surface area contributed by atoms with Crippen molar-refractivity contribution in [3.05, 3.63) is 59.2 Å². The molecule has 9 nitrogen and oxygen atoms in total. The first-order valence-electron chi connectivity index (χ1n) is 11.2. The van der Waals surface area contributed by atoms with Crippen molar-refractivity contribution in [2.24, 2.45) is 5.10 Å². The lowest BCUT2D eigenvalue weighted by molar-refractivity contribution is -0.145. The second kappa shape index (κ2) is 10.1. The molecular formula is C24H29F3N6O3. The van der Waals surface area contributed by atoms with E-state index in [4.69, 9.17) is 4.74 Å². The normalized spacial score (nSPS) is 16.9. The lowest BCUT2D eigenvalue weighted by Gasteiger charge is -2.29. The van der Waals surface area contributed by atoms with Crippen LogP contribution in [-0.4, -0.2) is 62.9 Å². The maximum Gasteiger partial charge on any atom is 0.451 e. The van der Waals surface area contributed by atoms with Crippen molar-refractivity contribution in [1.29, 1.82) is 0 Å². The molecular weight excluding hydrogens is 477 g/mol. The van der Waals surface area contributed by atoms with Crippen LogP contribution in [0.25, 0.3) is 0 Å². The standard InChI is InChI=1S/C24H29F3N6O3/c1-14-7-9-16(10-8-14)19-18(32(6)22(35)36-23(3,4)5)13-33(31-19)21(34)30-15(2)17-11-28-20(29-12-17)24(25,26)27/h7-12,15,18H,13H2,1-6H3,(H,30,34)/t15?,18-/m0/s1. The number of benzene rings is 1. The smallest absolute Gasteiger partial charge is 0.444 e. The minimum Gasteiger partial charge on any atom is -0.444 e.